The van der Waals surface area contributed by atoms with E-state index in [9.17, 15) is 14.0 Å². The number of nitrogens with zero attached hydrogens (tertiary/aromatic N) is 1. The summed E-state index contributed by atoms with van der Waals surface area (Å²) in [6, 6.07) is 4.77. The maximum atomic E-state index is 13.7. The minimum absolute atomic E-state index is 0.0590. The van der Waals surface area contributed by atoms with E-state index in [0.717, 1.165) is 0 Å². The quantitative estimate of drug-likeness (QED) is 0.920. The van der Waals surface area contributed by atoms with Gasteiger partial charge in [-0.25, -0.2) is 4.39 Å². The van der Waals surface area contributed by atoms with Crippen molar-refractivity contribution in [3.8, 4) is 5.75 Å². The fourth-order valence-corrected chi connectivity index (χ4v) is 2.34. The Morgan fingerprint density at radius 1 is 1.38 bits per heavy atom. The molecular formula is C15H18FNO4. The van der Waals surface area contributed by atoms with Gasteiger partial charge in [0.2, 0.25) is 0 Å². The number of ether oxygens (including phenoxy) is 1. The van der Waals surface area contributed by atoms with E-state index in [-0.39, 0.29) is 24.2 Å². The monoisotopic (exact) mass is 295 g/mol. The van der Waals surface area contributed by atoms with Crippen LogP contribution in [-0.2, 0) is 9.59 Å². The maximum Gasteiger partial charge on any atom is 0.306 e. The Kier molecular flexibility index (Phi) is 4.77. The molecule has 1 fully saturated rings. The number of halogens is 1. The van der Waals surface area contributed by atoms with Crippen LogP contribution in [0.4, 0.5) is 4.39 Å². The zero-order valence-corrected chi connectivity index (χ0v) is 11.8. The van der Waals surface area contributed by atoms with Crippen LogP contribution in [0.5, 0.6) is 5.75 Å². The second-order valence-electron chi connectivity index (χ2n) is 5.17. The topological polar surface area (TPSA) is 66.8 Å². The van der Waals surface area contributed by atoms with Crippen LogP contribution in [0.1, 0.15) is 18.4 Å². The standard InChI is InChI=1S/C15H18FNO4/c1-10-3-2-4-12(14(10)16)21-9-13(18)17-7-5-11(6-8-17)15(19)20/h2-4,11H,5-9H2,1H3,(H,19,20). The van der Waals surface area contributed by atoms with Crippen LogP contribution in [0.15, 0.2) is 18.2 Å². The Morgan fingerprint density at radius 2 is 2.05 bits per heavy atom. The molecular weight excluding hydrogens is 277 g/mol. The van der Waals surface area contributed by atoms with Gasteiger partial charge >= 0.3 is 5.97 Å². The van der Waals surface area contributed by atoms with E-state index in [2.05, 4.69) is 0 Å². The summed E-state index contributed by atoms with van der Waals surface area (Å²) in [4.78, 5) is 24.4. The molecule has 1 aromatic carbocycles. The normalized spacial score (nSPS) is 15.8. The van der Waals surface area contributed by atoms with Crippen molar-refractivity contribution < 1.29 is 23.8 Å². The number of aryl methyl sites for hydroxylation is 1. The summed E-state index contributed by atoms with van der Waals surface area (Å²) in [5, 5.41) is 8.90. The number of hydrogen-bond acceptors (Lipinski definition) is 3. The summed E-state index contributed by atoms with van der Waals surface area (Å²) in [6.07, 6.45) is 0.889. The fraction of sp³-hybridized carbons (Fsp3) is 0.467. The molecule has 1 saturated heterocycles. The van der Waals surface area contributed by atoms with Crippen molar-refractivity contribution in [1.29, 1.82) is 0 Å². The number of aliphatic carboxylic acids is 1. The number of carboxylic acid groups (broad SMARTS) is 1. The molecule has 1 aromatic rings. The Bertz CT molecular complexity index is 538. The number of carboxylic acids is 1. The first-order chi connectivity index (χ1) is 9.99. The van der Waals surface area contributed by atoms with E-state index in [4.69, 9.17) is 9.84 Å². The average Bonchev–Trinajstić information content (AvgIpc) is 2.48. The molecule has 2 rings (SSSR count). The first-order valence-electron chi connectivity index (χ1n) is 6.87. The van der Waals surface area contributed by atoms with Gasteiger partial charge in [0.15, 0.2) is 18.2 Å². The second kappa shape index (κ2) is 6.56. The molecule has 0 radical (unpaired) electrons. The summed E-state index contributed by atoms with van der Waals surface area (Å²) < 4.78 is 18.9. The molecule has 1 heterocycles. The van der Waals surface area contributed by atoms with Crippen molar-refractivity contribution >= 4 is 11.9 Å². The maximum absolute atomic E-state index is 13.7. The first-order valence-corrected chi connectivity index (χ1v) is 6.87. The number of likely N-dealkylation sites (tertiary alicyclic amines) is 1. The number of rotatable bonds is 4. The van der Waals surface area contributed by atoms with Crippen molar-refractivity contribution in [2.24, 2.45) is 5.92 Å². The summed E-state index contributed by atoms with van der Waals surface area (Å²) in [5.74, 6) is -1.86. The third-order valence-electron chi connectivity index (χ3n) is 3.70. The van der Waals surface area contributed by atoms with Crippen LogP contribution in [0.25, 0.3) is 0 Å². The van der Waals surface area contributed by atoms with Gasteiger partial charge in [-0.2, -0.15) is 0 Å². The molecule has 0 unspecified atom stereocenters. The van der Waals surface area contributed by atoms with Crippen LogP contribution in [0, 0.1) is 18.7 Å². The number of hydrogen-bond donors (Lipinski definition) is 1. The molecule has 0 spiro atoms. The molecule has 0 aromatic heterocycles. The molecule has 0 aliphatic carbocycles. The minimum atomic E-state index is -0.819. The third-order valence-corrected chi connectivity index (χ3v) is 3.70. The van der Waals surface area contributed by atoms with E-state index < -0.39 is 11.8 Å². The highest BCUT2D eigenvalue weighted by atomic mass is 19.1. The fourth-order valence-electron chi connectivity index (χ4n) is 2.34. The molecule has 21 heavy (non-hydrogen) atoms. The van der Waals surface area contributed by atoms with Gasteiger partial charge in [-0.3, -0.25) is 9.59 Å². The molecule has 0 bridgehead atoms. The lowest BCUT2D eigenvalue weighted by molar-refractivity contribution is -0.146. The van der Waals surface area contributed by atoms with E-state index >= 15 is 0 Å². The SMILES string of the molecule is Cc1cccc(OCC(=O)N2CCC(C(=O)O)CC2)c1F. The number of piperidine rings is 1. The molecule has 1 aliphatic rings. The Hall–Kier alpha value is -2.11. The van der Waals surface area contributed by atoms with Crippen molar-refractivity contribution in [3.63, 3.8) is 0 Å². The van der Waals surface area contributed by atoms with Crippen LogP contribution >= 0.6 is 0 Å². The Morgan fingerprint density at radius 3 is 2.67 bits per heavy atom. The van der Waals surface area contributed by atoms with E-state index in [1.54, 1.807) is 24.0 Å². The highest BCUT2D eigenvalue weighted by Crippen LogP contribution is 2.20. The molecule has 5 nitrogen and oxygen atoms in total. The second-order valence-corrected chi connectivity index (χ2v) is 5.17. The van der Waals surface area contributed by atoms with Gasteiger partial charge in [0.1, 0.15) is 0 Å². The summed E-state index contributed by atoms with van der Waals surface area (Å²) in [5.41, 5.74) is 0.460. The number of carbonyl (C=O) groups excluding carboxylic acids is 1. The van der Waals surface area contributed by atoms with Gasteiger partial charge < -0.3 is 14.7 Å². The molecule has 1 aliphatic heterocycles. The predicted molar refractivity (Wildman–Crippen MR) is 73.6 cm³/mol. The molecule has 114 valence electrons. The largest absolute Gasteiger partial charge is 0.481 e. The highest BCUT2D eigenvalue weighted by Gasteiger charge is 2.27. The highest BCUT2D eigenvalue weighted by molar-refractivity contribution is 5.78. The van der Waals surface area contributed by atoms with Gasteiger partial charge in [-0.05, 0) is 31.4 Å². The van der Waals surface area contributed by atoms with E-state index in [0.29, 0.717) is 31.5 Å². The van der Waals surface area contributed by atoms with Crippen molar-refractivity contribution in [3.05, 3.63) is 29.6 Å². The lowest BCUT2D eigenvalue weighted by Gasteiger charge is -2.30. The van der Waals surface area contributed by atoms with Crippen LogP contribution in [0.3, 0.4) is 0 Å². The van der Waals surface area contributed by atoms with Gasteiger partial charge in [-0.1, -0.05) is 12.1 Å². The van der Waals surface area contributed by atoms with Crippen molar-refractivity contribution in [2.45, 2.75) is 19.8 Å². The third kappa shape index (κ3) is 3.71. The van der Waals surface area contributed by atoms with Crippen LogP contribution in [0.2, 0.25) is 0 Å². The van der Waals surface area contributed by atoms with Gasteiger partial charge in [0, 0.05) is 13.1 Å². The first kappa shape index (κ1) is 15.3. The summed E-state index contributed by atoms with van der Waals surface area (Å²) >= 11 is 0. The van der Waals surface area contributed by atoms with Gasteiger partial charge in [0.05, 0.1) is 5.92 Å². The van der Waals surface area contributed by atoms with Gasteiger partial charge in [0.25, 0.3) is 5.91 Å². The molecule has 1 N–H and O–H groups in total. The smallest absolute Gasteiger partial charge is 0.306 e. The Labute approximate surface area is 122 Å². The van der Waals surface area contributed by atoms with E-state index in [1.807, 2.05) is 0 Å². The molecule has 1 amide bonds. The number of amides is 1. The summed E-state index contributed by atoms with van der Waals surface area (Å²) in [7, 11) is 0. The zero-order chi connectivity index (χ0) is 15.4. The van der Waals surface area contributed by atoms with Crippen LogP contribution < -0.4 is 4.74 Å². The molecule has 6 heteroatoms. The van der Waals surface area contributed by atoms with E-state index in [1.165, 1.54) is 6.07 Å². The van der Waals surface area contributed by atoms with Crippen LogP contribution in [-0.4, -0.2) is 41.6 Å². The number of benzene rings is 1. The average molecular weight is 295 g/mol. The lowest BCUT2D eigenvalue weighted by Crippen LogP contribution is -2.42. The zero-order valence-electron chi connectivity index (χ0n) is 11.8. The molecule has 0 saturated carbocycles. The van der Waals surface area contributed by atoms with Gasteiger partial charge in [-0.15, -0.1) is 0 Å². The van der Waals surface area contributed by atoms with Crippen molar-refractivity contribution in [2.75, 3.05) is 19.7 Å². The predicted octanol–water partition coefficient (Wildman–Crippen LogP) is 1.84. The summed E-state index contributed by atoms with van der Waals surface area (Å²) in [6.45, 7) is 2.18. The molecule has 0 atom stereocenters. The Balaban J connectivity index is 1.85. The number of carbonyl (C=O) groups is 2. The lowest BCUT2D eigenvalue weighted by atomic mass is 9.97. The van der Waals surface area contributed by atoms with Crippen molar-refractivity contribution in [1.82, 2.24) is 4.90 Å². The minimum Gasteiger partial charge on any atom is -0.481 e.